The lowest BCUT2D eigenvalue weighted by atomic mass is 9.79. The molecule has 2 aromatic rings. The number of carbonyl (C=O) groups is 2. The lowest BCUT2D eigenvalue weighted by Gasteiger charge is -2.22. The van der Waals surface area contributed by atoms with Crippen molar-refractivity contribution in [2.75, 3.05) is 7.11 Å². The number of rotatable bonds is 5. The van der Waals surface area contributed by atoms with Crippen molar-refractivity contribution in [1.29, 1.82) is 0 Å². The second-order valence-electron chi connectivity index (χ2n) is 5.86. The predicted molar refractivity (Wildman–Crippen MR) is 94.5 cm³/mol. The molecule has 0 aliphatic heterocycles. The summed E-state index contributed by atoms with van der Waals surface area (Å²) in [7, 11) is 1.58. The van der Waals surface area contributed by atoms with Crippen molar-refractivity contribution in [1.82, 2.24) is 0 Å². The van der Waals surface area contributed by atoms with Gasteiger partial charge in [-0.15, -0.1) is 0 Å². The first-order valence-corrected chi connectivity index (χ1v) is 8.24. The first-order chi connectivity index (χ1) is 11.7. The van der Waals surface area contributed by atoms with Crippen LogP contribution in [0, 0.1) is 0 Å². The molecule has 0 amide bonds. The lowest BCUT2D eigenvalue weighted by molar-refractivity contribution is 0.0988. The Morgan fingerprint density at radius 3 is 2.04 bits per heavy atom. The van der Waals surface area contributed by atoms with Gasteiger partial charge in [-0.2, -0.15) is 0 Å². The minimum Gasteiger partial charge on any atom is -0.496 e. The Hall–Kier alpha value is -2.68. The summed E-state index contributed by atoms with van der Waals surface area (Å²) in [6, 6.07) is 14.4. The van der Waals surface area contributed by atoms with Gasteiger partial charge in [-0.25, -0.2) is 0 Å². The van der Waals surface area contributed by atoms with E-state index in [-0.39, 0.29) is 11.6 Å². The highest BCUT2D eigenvalue weighted by Crippen LogP contribution is 2.38. The highest BCUT2D eigenvalue weighted by molar-refractivity contribution is 6.40. The van der Waals surface area contributed by atoms with E-state index in [9.17, 15) is 9.59 Å². The molecule has 0 atom stereocenters. The van der Waals surface area contributed by atoms with Crippen molar-refractivity contribution < 1.29 is 14.3 Å². The van der Waals surface area contributed by atoms with Crippen LogP contribution in [0.5, 0.6) is 5.75 Å². The Labute approximate surface area is 142 Å². The zero-order valence-corrected chi connectivity index (χ0v) is 14.0. The van der Waals surface area contributed by atoms with Crippen molar-refractivity contribution >= 4 is 17.1 Å². The molecule has 24 heavy (non-hydrogen) atoms. The molecule has 0 radical (unpaired) electrons. The van der Waals surface area contributed by atoms with Crippen molar-refractivity contribution in [3.63, 3.8) is 0 Å². The van der Waals surface area contributed by atoms with E-state index in [4.69, 9.17) is 4.74 Å². The number of ether oxygens (including phenoxy) is 1. The number of carbonyl (C=O) groups excluding carboxylic acids is 2. The molecule has 0 bridgehead atoms. The molecule has 3 nitrogen and oxygen atoms in total. The summed E-state index contributed by atoms with van der Waals surface area (Å²) >= 11 is 0. The van der Waals surface area contributed by atoms with E-state index in [0.29, 0.717) is 40.0 Å². The summed E-state index contributed by atoms with van der Waals surface area (Å²) < 4.78 is 5.43. The zero-order chi connectivity index (χ0) is 17.1. The molecule has 3 rings (SSSR count). The maximum atomic E-state index is 13.1. The van der Waals surface area contributed by atoms with Gasteiger partial charge in [0.2, 0.25) is 0 Å². The van der Waals surface area contributed by atoms with E-state index in [0.717, 1.165) is 12.8 Å². The van der Waals surface area contributed by atoms with E-state index in [1.807, 2.05) is 24.3 Å². The Balaban J connectivity index is 2.24. The second-order valence-corrected chi connectivity index (χ2v) is 5.86. The van der Waals surface area contributed by atoms with Gasteiger partial charge in [-0.05, 0) is 18.9 Å². The number of methoxy groups -OCH3 is 1. The number of hydrogen-bond acceptors (Lipinski definition) is 3. The van der Waals surface area contributed by atoms with Gasteiger partial charge in [0.1, 0.15) is 5.75 Å². The van der Waals surface area contributed by atoms with Crippen molar-refractivity contribution in [2.24, 2.45) is 0 Å². The molecule has 0 fully saturated rings. The lowest BCUT2D eigenvalue weighted by Crippen LogP contribution is -2.21. The van der Waals surface area contributed by atoms with Gasteiger partial charge in [0.05, 0.1) is 7.11 Å². The van der Waals surface area contributed by atoms with Gasteiger partial charge < -0.3 is 4.74 Å². The van der Waals surface area contributed by atoms with Crippen LogP contribution in [0.2, 0.25) is 0 Å². The zero-order valence-electron chi connectivity index (χ0n) is 14.0. The number of benzene rings is 2. The molecular formula is C21H20O3. The summed E-state index contributed by atoms with van der Waals surface area (Å²) in [6.07, 6.45) is 2.43. The molecule has 0 aromatic heterocycles. The van der Waals surface area contributed by atoms with Crippen molar-refractivity contribution in [3.05, 3.63) is 70.8 Å². The molecule has 3 heteroatoms. The number of para-hydroxylation sites is 1. The van der Waals surface area contributed by atoms with Crippen LogP contribution < -0.4 is 4.74 Å². The highest BCUT2D eigenvalue weighted by atomic mass is 16.5. The van der Waals surface area contributed by atoms with Crippen LogP contribution in [0.1, 0.15) is 52.5 Å². The van der Waals surface area contributed by atoms with Crippen LogP contribution in [0.3, 0.4) is 0 Å². The normalized spacial score (nSPS) is 13.9. The fourth-order valence-electron chi connectivity index (χ4n) is 3.16. The van der Waals surface area contributed by atoms with Gasteiger partial charge in [-0.1, -0.05) is 55.8 Å². The van der Waals surface area contributed by atoms with Crippen molar-refractivity contribution in [3.8, 4) is 5.75 Å². The maximum absolute atomic E-state index is 13.1. The summed E-state index contributed by atoms with van der Waals surface area (Å²) in [5.41, 5.74) is 2.77. The smallest absolute Gasteiger partial charge is 0.194 e. The van der Waals surface area contributed by atoms with Gasteiger partial charge in [0.15, 0.2) is 11.6 Å². The van der Waals surface area contributed by atoms with Crippen LogP contribution >= 0.6 is 0 Å². The first kappa shape index (κ1) is 16.2. The van der Waals surface area contributed by atoms with Gasteiger partial charge in [0.25, 0.3) is 0 Å². The SMILES string of the molecule is CCCCC1=C(c2ccccc2OC)C(=O)c2ccccc2C1=O. The molecule has 0 saturated heterocycles. The third-order valence-electron chi connectivity index (χ3n) is 4.38. The van der Waals surface area contributed by atoms with Gasteiger partial charge in [0, 0.05) is 27.8 Å². The van der Waals surface area contributed by atoms with Gasteiger partial charge >= 0.3 is 0 Å². The number of unbranched alkanes of at least 4 members (excludes halogenated alkanes) is 1. The number of ketones is 2. The largest absolute Gasteiger partial charge is 0.496 e. The summed E-state index contributed by atoms with van der Waals surface area (Å²) in [5, 5.41) is 0. The molecule has 1 aliphatic rings. The fourth-order valence-corrected chi connectivity index (χ4v) is 3.16. The first-order valence-electron chi connectivity index (χ1n) is 8.24. The Morgan fingerprint density at radius 2 is 1.42 bits per heavy atom. The molecule has 1 aliphatic carbocycles. The van der Waals surface area contributed by atoms with E-state index >= 15 is 0 Å². The summed E-state index contributed by atoms with van der Waals surface area (Å²) in [4.78, 5) is 26.1. The monoisotopic (exact) mass is 320 g/mol. The summed E-state index contributed by atoms with van der Waals surface area (Å²) in [5.74, 6) is 0.474. The topological polar surface area (TPSA) is 43.4 Å². The maximum Gasteiger partial charge on any atom is 0.194 e. The average Bonchev–Trinajstić information content (AvgIpc) is 2.63. The number of hydrogen-bond donors (Lipinski definition) is 0. The van der Waals surface area contributed by atoms with Crippen LogP contribution in [0.25, 0.3) is 5.57 Å². The van der Waals surface area contributed by atoms with E-state index in [1.54, 1.807) is 31.4 Å². The average molecular weight is 320 g/mol. The van der Waals surface area contributed by atoms with Crippen LogP contribution in [-0.4, -0.2) is 18.7 Å². The minimum absolute atomic E-state index is 0.0421. The van der Waals surface area contributed by atoms with Crippen LogP contribution in [0.4, 0.5) is 0 Å². The quantitative estimate of drug-likeness (QED) is 0.800. The standard InChI is InChI=1S/C21H20O3/c1-3-4-9-17-19(16-12-7-8-13-18(16)24-2)21(23)15-11-6-5-10-14(15)20(17)22/h5-8,10-13H,3-4,9H2,1-2H3. The molecule has 0 spiro atoms. The number of fused-ring (bicyclic) bond motifs is 1. The molecule has 0 unspecified atom stereocenters. The minimum atomic E-state index is -0.0965. The van der Waals surface area contributed by atoms with Crippen LogP contribution in [-0.2, 0) is 0 Å². The fraction of sp³-hybridized carbons (Fsp3) is 0.238. The molecular weight excluding hydrogens is 300 g/mol. The highest BCUT2D eigenvalue weighted by Gasteiger charge is 2.33. The predicted octanol–water partition coefficient (Wildman–Crippen LogP) is 4.72. The van der Waals surface area contributed by atoms with Crippen molar-refractivity contribution in [2.45, 2.75) is 26.2 Å². The molecule has 2 aromatic carbocycles. The van der Waals surface area contributed by atoms with E-state index in [1.165, 1.54) is 0 Å². The van der Waals surface area contributed by atoms with Crippen LogP contribution in [0.15, 0.2) is 54.1 Å². The Bertz CT molecular complexity index is 830. The molecule has 122 valence electrons. The Kier molecular flexibility index (Phi) is 4.61. The van der Waals surface area contributed by atoms with Gasteiger partial charge in [-0.3, -0.25) is 9.59 Å². The Morgan fingerprint density at radius 1 is 0.833 bits per heavy atom. The summed E-state index contributed by atoms with van der Waals surface area (Å²) in [6.45, 7) is 2.08. The molecule has 0 heterocycles. The molecule has 0 saturated carbocycles. The number of Topliss-reactive ketones (excluding diaryl/α,β-unsaturated/α-hetero) is 2. The third kappa shape index (κ3) is 2.67. The molecule has 0 N–H and O–H groups in total. The third-order valence-corrected chi connectivity index (χ3v) is 4.38. The number of allylic oxidation sites excluding steroid dienone is 2. The second kappa shape index (κ2) is 6.83. The van der Waals surface area contributed by atoms with E-state index < -0.39 is 0 Å². The van der Waals surface area contributed by atoms with E-state index in [2.05, 4.69) is 6.92 Å².